The third-order valence-electron chi connectivity index (χ3n) is 2.96. The number of fused-ring (bicyclic) bond motifs is 1. The predicted molar refractivity (Wildman–Crippen MR) is 64.0 cm³/mol. The van der Waals surface area contributed by atoms with Crippen LogP contribution >= 0.6 is 0 Å². The summed E-state index contributed by atoms with van der Waals surface area (Å²) >= 11 is 0. The van der Waals surface area contributed by atoms with E-state index in [9.17, 15) is 4.79 Å². The van der Waals surface area contributed by atoms with Gasteiger partial charge in [0.2, 0.25) is 0 Å². The fourth-order valence-electron chi connectivity index (χ4n) is 2.09. The van der Waals surface area contributed by atoms with Gasteiger partial charge in [-0.25, -0.2) is 4.79 Å². The summed E-state index contributed by atoms with van der Waals surface area (Å²) in [6.07, 6.45) is 0. The smallest absolute Gasteiger partial charge is 0.352 e. The highest BCUT2D eigenvalue weighted by Gasteiger charge is 2.14. The molecule has 2 rings (SSSR count). The van der Waals surface area contributed by atoms with Gasteiger partial charge in [-0.05, 0) is 23.6 Å². The van der Waals surface area contributed by atoms with Crippen molar-refractivity contribution in [2.75, 3.05) is 0 Å². The van der Waals surface area contributed by atoms with Gasteiger partial charge in [0.05, 0.1) is 0 Å². The number of carbonyl (C=O) groups is 1. The molecule has 0 saturated heterocycles. The second-order valence-corrected chi connectivity index (χ2v) is 4.33. The molecule has 0 spiro atoms. The number of aromatic carboxylic acids is 1. The van der Waals surface area contributed by atoms with E-state index < -0.39 is 5.97 Å². The van der Waals surface area contributed by atoms with Crippen LogP contribution in [0.2, 0.25) is 0 Å². The van der Waals surface area contributed by atoms with Crippen LogP contribution in [-0.2, 0) is 7.05 Å². The lowest BCUT2D eigenvalue weighted by Crippen LogP contribution is -2.03. The zero-order valence-electron chi connectivity index (χ0n) is 9.69. The molecule has 3 heteroatoms. The van der Waals surface area contributed by atoms with E-state index in [2.05, 4.69) is 19.9 Å². The summed E-state index contributed by atoms with van der Waals surface area (Å²) in [5.41, 5.74) is 2.51. The van der Waals surface area contributed by atoms with Crippen molar-refractivity contribution in [3.05, 3.63) is 35.5 Å². The van der Waals surface area contributed by atoms with Crippen molar-refractivity contribution in [1.82, 2.24) is 4.57 Å². The van der Waals surface area contributed by atoms with Gasteiger partial charge < -0.3 is 9.67 Å². The molecule has 1 N–H and O–H groups in total. The van der Waals surface area contributed by atoms with Crippen LogP contribution in [0.15, 0.2) is 24.3 Å². The molecular formula is C13H15NO2. The van der Waals surface area contributed by atoms with E-state index >= 15 is 0 Å². The van der Waals surface area contributed by atoms with Crippen LogP contribution in [0, 0.1) is 0 Å². The first-order valence-corrected chi connectivity index (χ1v) is 5.34. The van der Waals surface area contributed by atoms with Crippen molar-refractivity contribution in [2.45, 2.75) is 19.8 Å². The minimum absolute atomic E-state index is 0.336. The zero-order chi connectivity index (χ0) is 11.9. The fourth-order valence-corrected chi connectivity index (χ4v) is 2.09. The Bertz CT molecular complexity index is 552. The molecule has 0 aliphatic heterocycles. The molecule has 0 aliphatic carbocycles. The van der Waals surface area contributed by atoms with Gasteiger partial charge in [-0.1, -0.05) is 26.0 Å². The summed E-state index contributed by atoms with van der Waals surface area (Å²) in [5.74, 6) is -0.485. The van der Waals surface area contributed by atoms with E-state index in [0.717, 1.165) is 10.9 Å². The number of hydrogen-bond acceptors (Lipinski definition) is 1. The van der Waals surface area contributed by atoms with Crippen LogP contribution in [0.3, 0.4) is 0 Å². The lowest BCUT2D eigenvalue weighted by Gasteiger charge is -2.07. The Morgan fingerprint density at radius 1 is 1.38 bits per heavy atom. The maximum Gasteiger partial charge on any atom is 0.352 e. The third-order valence-corrected chi connectivity index (χ3v) is 2.96. The third kappa shape index (κ3) is 1.48. The Morgan fingerprint density at radius 2 is 2.06 bits per heavy atom. The number of benzene rings is 1. The van der Waals surface area contributed by atoms with Crippen LogP contribution in [0.5, 0.6) is 0 Å². The van der Waals surface area contributed by atoms with Gasteiger partial charge in [0, 0.05) is 18.0 Å². The fraction of sp³-hybridized carbons (Fsp3) is 0.308. The van der Waals surface area contributed by atoms with Crippen molar-refractivity contribution < 1.29 is 9.90 Å². The number of aryl methyl sites for hydroxylation is 1. The number of nitrogens with zero attached hydrogens (tertiary/aromatic N) is 1. The van der Waals surface area contributed by atoms with Gasteiger partial charge in [0.1, 0.15) is 5.69 Å². The van der Waals surface area contributed by atoms with Crippen LogP contribution in [0.4, 0.5) is 0 Å². The molecule has 0 saturated carbocycles. The van der Waals surface area contributed by atoms with Crippen molar-refractivity contribution in [1.29, 1.82) is 0 Å². The van der Waals surface area contributed by atoms with Gasteiger partial charge in [-0.3, -0.25) is 0 Å². The highest BCUT2D eigenvalue weighted by atomic mass is 16.4. The van der Waals surface area contributed by atoms with E-state index in [1.165, 1.54) is 5.56 Å². The van der Waals surface area contributed by atoms with Gasteiger partial charge in [-0.15, -0.1) is 0 Å². The van der Waals surface area contributed by atoms with Crippen LogP contribution < -0.4 is 0 Å². The molecule has 0 amide bonds. The van der Waals surface area contributed by atoms with Crippen molar-refractivity contribution in [3.8, 4) is 0 Å². The number of rotatable bonds is 2. The number of carboxylic acid groups (broad SMARTS) is 1. The summed E-state index contributed by atoms with van der Waals surface area (Å²) in [7, 11) is 1.79. The minimum Gasteiger partial charge on any atom is -0.477 e. The van der Waals surface area contributed by atoms with E-state index in [1.54, 1.807) is 17.7 Å². The van der Waals surface area contributed by atoms with Crippen LogP contribution in [-0.4, -0.2) is 15.6 Å². The standard InChI is InChI=1S/C13H15NO2/c1-8(2)9-5-4-6-11-10(9)7-12(13(15)16)14(11)3/h4-8H,1-3H3,(H,15,16). The maximum absolute atomic E-state index is 11.1. The van der Waals surface area contributed by atoms with Crippen molar-refractivity contribution in [3.63, 3.8) is 0 Å². The SMILES string of the molecule is CC(C)c1cccc2c1cc(C(=O)O)n2C. The monoisotopic (exact) mass is 217 g/mol. The average Bonchev–Trinajstić information content (AvgIpc) is 2.56. The molecular weight excluding hydrogens is 202 g/mol. The Hall–Kier alpha value is -1.77. The summed E-state index contributed by atoms with van der Waals surface area (Å²) in [4.78, 5) is 11.1. The normalized spacial score (nSPS) is 11.2. The van der Waals surface area contributed by atoms with Gasteiger partial charge in [0.15, 0.2) is 0 Å². The summed E-state index contributed by atoms with van der Waals surface area (Å²) in [6.45, 7) is 4.23. The molecule has 0 fully saturated rings. The topological polar surface area (TPSA) is 42.2 Å². The lowest BCUT2D eigenvalue weighted by molar-refractivity contribution is 0.0687. The molecule has 0 atom stereocenters. The molecule has 84 valence electrons. The first-order chi connectivity index (χ1) is 7.52. The van der Waals surface area contributed by atoms with E-state index in [4.69, 9.17) is 5.11 Å². The predicted octanol–water partition coefficient (Wildman–Crippen LogP) is 3.00. The Morgan fingerprint density at radius 3 is 2.62 bits per heavy atom. The number of hydrogen-bond donors (Lipinski definition) is 1. The largest absolute Gasteiger partial charge is 0.477 e. The van der Waals surface area contributed by atoms with E-state index in [1.807, 2.05) is 12.1 Å². The van der Waals surface area contributed by atoms with Crippen LogP contribution in [0.1, 0.15) is 35.8 Å². The first kappa shape index (κ1) is 10.7. The summed E-state index contributed by atoms with van der Waals surface area (Å²) < 4.78 is 1.73. The molecule has 1 aromatic heterocycles. The highest BCUT2D eigenvalue weighted by molar-refractivity contribution is 5.96. The number of aromatic nitrogens is 1. The molecule has 2 aromatic rings. The molecule has 0 bridgehead atoms. The van der Waals surface area contributed by atoms with Gasteiger partial charge in [-0.2, -0.15) is 0 Å². The second kappa shape index (κ2) is 3.67. The van der Waals surface area contributed by atoms with E-state index in [0.29, 0.717) is 11.6 Å². The summed E-state index contributed by atoms with van der Waals surface area (Å²) in [5, 5.41) is 10.1. The summed E-state index contributed by atoms with van der Waals surface area (Å²) in [6, 6.07) is 7.74. The Labute approximate surface area is 94.3 Å². The van der Waals surface area contributed by atoms with Crippen molar-refractivity contribution >= 4 is 16.9 Å². The molecule has 1 heterocycles. The molecule has 0 radical (unpaired) electrons. The Kier molecular flexibility index (Phi) is 2.46. The molecule has 0 unspecified atom stereocenters. The quantitative estimate of drug-likeness (QED) is 0.840. The molecule has 16 heavy (non-hydrogen) atoms. The number of carboxylic acids is 1. The lowest BCUT2D eigenvalue weighted by atomic mass is 9.99. The maximum atomic E-state index is 11.1. The Balaban J connectivity index is 2.80. The molecule has 3 nitrogen and oxygen atoms in total. The van der Waals surface area contributed by atoms with Crippen LogP contribution in [0.25, 0.3) is 10.9 Å². The zero-order valence-corrected chi connectivity index (χ0v) is 9.69. The average molecular weight is 217 g/mol. The molecule has 1 aromatic carbocycles. The van der Waals surface area contributed by atoms with Gasteiger partial charge in [0.25, 0.3) is 0 Å². The second-order valence-electron chi connectivity index (χ2n) is 4.33. The van der Waals surface area contributed by atoms with Gasteiger partial charge >= 0.3 is 5.97 Å². The highest BCUT2D eigenvalue weighted by Crippen LogP contribution is 2.27. The van der Waals surface area contributed by atoms with E-state index in [-0.39, 0.29) is 0 Å². The van der Waals surface area contributed by atoms with Crippen molar-refractivity contribution in [2.24, 2.45) is 7.05 Å². The minimum atomic E-state index is -0.881. The first-order valence-electron chi connectivity index (χ1n) is 5.34. The molecule has 0 aliphatic rings.